The Labute approximate surface area is 165 Å². The number of hydrogen-bond acceptors (Lipinski definition) is 6. The number of rotatable bonds is 5. The van der Waals surface area contributed by atoms with Crippen LogP contribution in [0.4, 0.5) is 5.69 Å². The molecule has 3 rings (SSSR count). The lowest BCUT2D eigenvalue weighted by molar-refractivity contribution is -0.113. The summed E-state index contributed by atoms with van der Waals surface area (Å²) in [5.74, 6) is -1.10. The van der Waals surface area contributed by atoms with Gasteiger partial charge in [0.25, 0.3) is 5.91 Å². The Morgan fingerprint density at radius 3 is 2.44 bits per heavy atom. The Bertz CT molecular complexity index is 956. The van der Waals surface area contributed by atoms with E-state index in [1.807, 2.05) is 18.2 Å². The number of aromatic carboxylic acids is 1. The summed E-state index contributed by atoms with van der Waals surface area (Å²) in [6.07, 6.45) is 1.51. The minimum Gasteiger partial charge on any atom is -0.493 e. The molecule has 8 heteroatoms. The Morgan fingerprint density at radius 2 is 1.85 bits per heavy atom. The van der Waals surface area contributed by atoms with Crippen LogP contribution in [0.25, 0.3) is 6.08 Å². The molecule has 0 spiro atoms. The second-order valence-electron chi connectivity index (χ2n) is 5.42. The van der Waals surface area contributed by atoms with Crippen molar-refractivity contribution < 1.29 is 24.2 Å². The average molecular weight is 401 g/mol. The van der Waals surface area contributed by atoms with Gasteiger partial charge in [-0.3, -0.25) is 9.69 Å². The zero-order valence-corrected chi connectivity index (χ0v) is 16.1. The van der Waals surface area contributed by atoms with Crippen molar-refractivity contribution in [3.8, 4) is 11.5 Å². The molecule has 1 saturated heterocycles. The molecule has 0 aliphatic carbocycles. The minimum absolute atomic E-state index is 0.0816. The number of carboxylic acid groups (broad SMARTS) is 1. The van der Waals surface area contributed by atoms with Gasteiger partial charge in [-0.05, 0) is 29.8 Å². The molecule has 0 radical (unpaired) electrons. The second kappa shape index (κ2) is 7.81. The third-order valence-electron chi connectivity index (χ3n) is 3.89. The largest absolute Gasteiger partial charge is 0.493 e. The number of carbonyl (C=O) groups is 2. The maximum atomic E-state index is 12.8. The zero-order chi connectivity index (χ0) is 19.6. The topological polar surface area (TPSA) is 76.1 Å². The van der Waals surface area contributed by atoms with E-state index in [1.54, 1.807) is 24.3 Å². The smallest absolute Gasteiger partial charge is 0.340 e. The van der Waals surface area contributed by atoms with Gasteiger partial charge in [0.2, 0.25) is 0 Å². The molecule has 2 aromatic carbocycles. The fourth-order valence-corrected chi connectivity index (χ4v) is 3.98. The Balaban J connectivity index is 2.06. The van der Waals surface area contributed by atoms with Crippen LogP contribution in [0.2, 0.25) is 0 Å². The fourth-order valence-electron chi connectivity index (χ4n) is 2.69. The second-order valence-corrected chi connectivity index (χ2v) is 7.10. The van der Waals surface area contributed by atoms with Crippen LogP contribution in [0.1, 0.15) is 15.9 Å². The van der Waals surface area contributed by atoms with Crippen molar-refractivity contribution in [3.05, 3.63) is 58.5 Å². The van der Waals surface area contributed by atoms with Crippen LogP contribution in [0.5, 0.6) is 11.5 Å². The lowest BCUT2D eigenvalue weighted by Crippen LogP contribution is -2.27. The standard InChI is InChI=1S/C19H15NO5S2/c1-24-13-9-8-11(15(18(22)23)16(13)25-2)10-14-17(21)20(19(26)27-14)12-6-4-3-5-7-12/h3-10H,1-2H3,(H,22,23)/b14-10-. The molecule has 1 aliphatic rings. The van der Waals surface area contributed by atoms with E-state index in [1.165, 1.54) is 25.2 Å². The predicted molar refractivity (Wildman–Crippen MR) is 109 cm³/mol. The summed E-state index contributed by atoms with van der Waals surface area (Å²) in [4.78, 5) is 26.4. The summed E-state index contributed by atoms with van der Waals surface area (Å²) < 4.78 is 10.7. The Kier molecular flexibility index (Phi) is 5.48. The molecule has 6 nitrogen and oxygen atoms in total. The van der Waals surface area contributed by atoms with Crippen molar-refractivity contribution in [1.29, 1.82) is 0 Å². The van der Waals surface area contributed by atoms with Gasteiger partial charge in [0.1, 0.15) is 5.56 Å². The number of nitrogens with zero attached hydrogens (tertiary/aromatic N) is 1. The highest BCUT2D eigenvalue weighted by atomic mass is 32.2. The highest BCUT2D eigenvalue weighted by molar-refractivity contribution is 8.27. The molecule has 0 saturated carbocycles. The van der Waals surface area contributed by atoms with E-state index in [9.17, 15) is 14.7 Å². The number of anilines is 1. The molecule has 0 bridgehead atoms. The number of thioether (sulfide) groups is 1. The summed E-state index contributed by atoms with van der Waals surface area (Å²) in [6.45, 7) is 0. The first kappa shape index (κ1) is 18.9. The normalized spacial score (nSPS) is 15.3. The summed E-state index contributed by atoms with van der Waals surface area (Å²) >= 11 is 6.45. The third kappa shape index (κ3) is 3.54. The number of amides is 1. The van der Waals surface area contributed by atoms with Crippen molar-refractivity contribution in [2.24, 2.45) is 0 Å². The van der Waals surface area contributed by atoms with Gasteiger partial charge in [0.05, 0.1) is 24.8 Å². The maximum absolute atomic E-state index is 12.8. The number of carbonyl (C=O) groups excluding carboxylic acids is 1. The number of hydrogen-bond donors (Lipinski definition) is 1. The van der Waals surface area contributed by atoms with Crippen LogP contribution in [0, 0.1) is 0 Å². The highest BCUT2D eigenvalue weighted by Crippen LogP contribution is 2.39. The summed E-state index contributed by atoms with van der Waals surface area (Å²) in [5, 5.41) is 9.63. The Hall–Kier alpha value is -2.84. The van der Waals surface area contributed by atoms with Gasteiger partial charge < -0.3 is 14.6 Å². The Morgan fingerprint density at radius 1 is 1.15 bits per heavy atom. The van der Waals surface area contributed by atoms with Crippen LogP contribution in [0.15, 0.2) is 47.4 Å². The van der Waals surface area contributed by atoms with Crippen LogP contribution in [0.3, 0.4) is 0 Å². The van der Waals surface area contributed by atoms with Crippen molar-refractivity contribution in [3.63, 3.8) is 0 Å². The van der Waals surface area contributed by atoms with Crippen LogP contribution < -0.4 is 14.4 Å². The fraction of sp³-hybridized carbons (Fsp3) is 0.105. The predicted octanol–water partition coefficient (Wildman–Crippen LogP) is 3.81. The van der Waals surface area contributed by atoms with Crippen molar-refractivity contribution in [2.45, 2.75) is 0 Å². The van der Waals surface area contributed by atoms with E-state index in [4.69, 9.17) is 21.7 Å². The van der Waals surface area contributed by atoms with E-state index in [0.29, 0.717) is 26.2 Å². The molecule has 2 aromatic rings. The molecule has 1 amide bonds. The highest BCUT2D eigenvalue weighted by Gasteiger charge is 2.33. The third-order valence-corrected chi connectivity index (χ3v) is 5.19. The van der Waals surface area contributed by atoms with Gasteiger partial charge >= 0.3 is 5.97 Å². The maximum Gasteiger partial charge on any atom is 0.340 e. The number of thiocarbonyl (C=S) groups is 1. The van der Waals surface area contributed by atoms with Gasteiger partial charge in [-0.1, -0.05) is 48.2 Å². The van der Waals surface area contributed by atoms with E-state index >= 15 is 0 Å². The molecule has 0 unspecified atom stereocenters. The first-order chi connectivity index (χ1) is 13.0. The monoisotopic (exact) mass is 401 g/mol. The number of ether oxygens (including phenoxy) is 2. The molecule has 1 fully saturated rings. The quantitative estimate of drug-likeness (QED) is 0.603. The van der Waals surface area contributed by atoms with Crippen molar-refractivity contribution in [2.75, 3.05) is 19.1 Å². The summed E-state index contributed by atoms with van der Waals surface area (Å²) in [5.41, 5.74) is 0.907. The van der Waals surface area contributed by atoms with Crippen LogP contribution in [-0.2, 0) is 4.79 Å². The molecular weight excluding hydrogens is 386 g/mol. The summed E-state index contributed by atoms with van der Waals surface area (Å²) in [6, 6.07) is 12.2. The molecule has 27 heavy (non-hydrogen) atoms. The molecule has 0 aromatic heterocycles. The number of para-hydroxylation sites is 1. The zero-order valence-electron chi connectivity index (χ0n) is 14.5. The van der Waals surface area contributed by atoms with Gasteiger partial charge in [-0.2, -0.15) is 0 Å². The van der Waals surface area contributed by atoms with E-state index < -0.39 is 5.97 Å². The molecule has 1 aliphatic heterocycles. The van der Waals surface area contributed by atoms with Crippen LogP contribution >= 0.6 is 24.0 Å². The SMILES string of the molecule is COc1ccc(/C=C2\SC(=S)N(c3ccccc3)C2=O)c(C(=O)O)c1OC. The molecule has 138 valence electrons. The van der Waals surface area contributed by atoms with Gasteiger partial charge in [-0.15, -0.1) is 0 Å². The van der Waals surface area contributed by atoms with Crippen molar-refractivity contribution >= 4 is 51.9 Å². The van der Waals surface area contributed by atoms with Crippen LogP contribution in [-0.4, -0.2) is 35.5 Å². The molecule has 1 heterocycles. The number of benzene rings is 2. The minimum atomic E-state index is -1.18. The van der Waals surface area contributed by atoms with E-state index in [0.717, 1.165) is 11.8 Å². The first-order valence-electron chi connectivity index (χ1n) is 7.79. The first-order valence-corrected chi connectivity index (χ1v) is 9.01. The summed E-state index contributed by atoms with van der Waals surface area (Å²) in [7, 11) is 2.79. The van der Waals surface area contributed by atoms with E-state index in [2.05, 4.69) is 0 Å². The average Bonchev–Trinajstić information content (AvgIpc) is 2.94. The van der Waals surface area contributed by atoms with Gasteiger partial charge in [0.15, 0.2) is 15.8 Å². The number of methoxy groups -OCH3 is 2. The number of carboxylic acids is 1. The van der Waals surface area contributed by atoms with Gasteiger partial charge in [-0.25, -0.2) is 4.79 Å². The van der Waals surface area contributed by atoms with E-state index in [-0.39, 0.29) is 17.2 Å². The molecule has 0 atom stereocenters. The lowest BCUT2D eigenvalue weighted by Gasteiger charge is -2.14. The van der Waals surface area contributed by atoms with Crippen molar-refractivity contribution in [1.82, 2.24) is 0 Å². The molecular formula is C19H15NO5S2. The molecule has 1 N–H and O–H groups in total. The van der Waals surface area contributed by atoms with Gasteiger partial charge in [0, 0.05) is 0 Å². The lowest BCUT2D eigenvalue weighted by atomic mass is 10.0.